The lowest BCUT2D eigenvalue weighted by Gasteiger charge is -2.20. The van der Waals surface area contributed by atoms with Gasteiger partial charge in [0.15, 0.2) is 0 Å². The van der Waals surface area contributed by atoms with Crippen molar-refractivity contribution in [1.29, 1.82) is 0 Å². The molecule has 6 nitrogen and oxygen atoms in total. The summed E-state index contributed by atoms with van der Waals surface area (Å²) in [4.78, 5) is 24.7. The molecule has 0 aromatic carbocycles. The van der Waals surface area contributed by atoms with Gasteiger partial charge in [0.2, 0.25) is 5.91 Å². The summed E-state index contributed by atoms with van der Waals surface area (Å²) < 4.78 is 5.52. The Bertz CT molecular complexity index is 1440. The van der Waals surface area contributed by atoms with E-state index >= 15 is 0 Å². The van der Waals surface area contributed by atoms with Gasteiger partial charge in [0.1, 0.15) is 0 Å². The Morgan fingerprint density at radius 3 is 0.798 bits per heavy atom. The van der Waals surface area contributed by atoms with E-state index in [-0.39, 0.29) is 18.5 Å². The van der Waals surface area contributed by atoms with E-state index < -0.39 is 12.1 Å². The van der Waals surface area contributed by atoms with E-state index in [4.69, 9.17) is 4.74 Å². The normalized spacial score (nSPS) is 12.6. The standard InChI is InChI=1S/C83H159NO5/c1-3-5-7-9-11-13-15-17-19-21-23-24-33-36-40-43-47-51-55-59-63-67-71-75-81(86)80(79-85)84-82(87)76-72-68-64-60-56-52-48-44-41-37-34-31-29-27-25-26-28-30-32-35-38-42-46-50-54-58-62-66-70-74-78-89-83(88)77-73-69-65-61-57-53-49-45-39-22-20-18-16-14-12-10-8-6-4-2/h18,20,26,28,71,75,80-81,85-86H,3-17,19,21-25,27,29-70,72-74,76-79H2,1-2H3,(H,84,87)/b20-18-,28-26-,75-71+. The molecule has 2 unspecified atom stereocenters. The molecule has 3 N–H and O–H groups in total. The summed E-state index contributed by atoms with van der Waals surface area (Å²) in [6.45, 7) is 4.95. The van der Waals surface area contributed by atoms with Crippen LogP contribution < -0.4 is 5.32 Å². The van der Waals surface area contributed by atoms with Gasteiger partial charge in [0.05, 0.1) is 25.4 Å². The predicted octanol–water partition coefficient (Wildman–Crippen LogP) is 27.0. The molecule has 6 heteroatoms. The first-order valence-corrected chi connectivity index (χ1v) is 40.8. The highest BCUT2D eigenvalue weighted by Crippen LogP contribution is 2.20. The van der Waals surface area contributed by atoms with Gasteiger partial charge in [-0.2, -0.15) is 0 Å². The number of rotatable bonds is 77. The Hall–Kier alpha value is -1.92. The van der Waals surface area contributed by atoms with Crippen molar-refractivity contribution >= 4 is 11.9 Å². The maximum absolute atomic E-state index is 12.6. The van der Waals surface area contributed by atoms with Crippen molar-refractivity contribution in [1.82, 2.24) is 5.32 Å². The molecule has 0 aliphatic carbocycles. The fraction of sp³-hybridized carbons (Fsp3) is 0.904. The summed E-state index contributed by atoms with van der Waals surface area (Å²) in [6, 6.07) is -0.628. The molecule has 0 fully saturated rings. The maximum Gasteiger partial charge on any atom is 0.305 e. The minimum absolute atomic E-state index is 0.0173. The molecule has 0 saturated heterocycles. The van der Waals surface area contributed by atoms with Gasteiger partial charge in [0, 0.05) is 12.8 Å². The number of hydrogen-bond donors (Lipinski definition) is 3. The van der Waals surface area contributed by atoms with Crippen LogP contribution in [-0.2, 0) is 14.3 Å². The van der Waals surface area contributed by atoms with E-state index in [0.717, 1.165) is 38.5 Å². The van der Waals surface area contributed by atoms with E-state index in [1.807, 2.05) is 6.08 Å². The SMILES string of the molecule is CCCCCCCC/C=C\CCCCCCCCCCCC(=O)OCCCCCCCCCCCCCC/C=C\CCCCCCCCCCCCCCCCC(=O)NC(CO)C(O)/C=C/CCCCCCCCCCCCCCCCCCCCCCC. The minimum Gasteiger partial charge on any atom is -0.466 e. The zero-order valence-corrected chi connectivity index (χ0v) is 60.4. The topological polar surface area (TPSA) is 95.9 Å². The summed E-state index contributed by atoms with van der Waals surface area (Å²) in [5, 5.41) is 23.3. The molecule has 89 heavy (non-hydrogen) atoms. The lowest BCUT2D eigenvalue weighted by molar-refractivity contribution is -0.143. The molecular weight excluding hydrogens is 1090 g/mol. The molecule has 0 heterocycles. The summed E-state index contributed by atoms with van der Waals surface area (Å²) in [6.07, 6.45) is 103. The number of amides is 1. The molecule has 0 rings (SSSR count). The zero-order chi connectivity index (χ0) is 64.2. The quantitative estimate of drug-likeness (QED) is 0.0320. The van der Waals surface area contributed by atoms with Crippen molar-refractivity contribution in [2.45, 2.75) is 469 Å². The summed E-state index contributed by atoms with van der Waals surface area (Å²) in [5.41, 5.74) is 0. The van der Waals surface area contributed by atoms with Gasteiger partial charge in [-0.15, -0.1) is 0 Å². The van der Waals surface area contributed by atoms with E-state index in [1.54, 1.807) is 6.08 Å². The van der Waals surface area contributed by atoms with E-state index in [1.165, 1.54) is 392 Å². The van der Waals surface area contributed by atoms with Crippen LogP contribution in [0.3, 0.4) is 0 Å². The van der Waals surface area contributed by atoms with Gasteiger partial charge in [-0.05, 0) is 83.5 Å². The van der Waals surface area contributed by atoms with Crippen molar-refractivity contribution in [2.75, 3.05) is 13.2 Å². The summed E-state index contributed by atoms with van der Waals surface area (Å²) >= 11 is 0. The first kappa shape index (κ1) is 87.1. The van der Waals surface area contributed by atoms with Crippen LogP contribution in [0.4, 0.5) is 0 Å². The lowest BCUT2D eigenvalue weighted by Crippen LogP contribution is -2.45. The number of allylic oxidation sites excluding steroid dienone is 5. The monoisotopic (exact) mass is 1250 g/mol. The largest absolute Gasteiger partial charge is 0.466 e. The van der Waals surface area contributed by atoms with Crippen LogP contribution in [0.5, 0.6) is 0 Å². The molecular formula is C83H159NO5. The van der Waals surface area contributed by atoms with Gasteiger partial charge in [-0.1, -0.05) is 397 Å². The molecule has 0 bridgehead atoms. The number of esters is 1. The number of aliphatic hydroxyl groups is 2. The molecule has 0 aliphatic rings. The highest BCUT2D eigenvalue weighted by molar-refractivity contribution is 5.76. The molecule has 0 aromatic rings. The van der Waals surface area contributed by atoms with E-state index in [0.29, 0.717) is 19.4 Å². The third-order valence-electron chi connectivity index (χ3n) is 19.1. The van der Waals surface area contributed by atoms with Crippen molar-refractivity contribution in [3.8, 4) is 0 Å². The Morgan fingerprint density at radius 2 is 0.528 bits per heavy atom. The van der Waals surface area contributed by atoms with Crippen LogP contribution in [0.25, 0.3) is 0 Å². The summed E-state index contributed by atoms with van der Waals surface area (Å²) in [5.74, 6) is -0.0443. The van der Waals surface area contributed by atoms with Crippen molar-refractivity contribution in [2.24, 2.45) is 0 Å². The fourth-order valence-electron chi connectivity index (χ4n) is 12.9. The Kier molecular flexibility index (Phi) is 76.8. The molecule has 0 radical (unpaired) electrons. The number of nitrogens with one attached hydrogen (secondary N) is 1. The molecule has 526 valence electrons. The molecule has 0 aromatic heterocycles. The van der Waals surface area contributed by atoms with Crippen molar-refractivity contribution in [3.63, 3.8) is 0 Å². The van der Waals surface area contributed by atoms with Crippen molar-refractivity contribution < 1.29 is 24.5 Å². The van der Waals surface area contributed by atoms with Gasteiger partial charge in [0.25, 0.3) is 0 Å². The van der Waals surface area contributed by atoms with Gasteiger partial charge in [-0.3, -0.25) is 9.59 Å². The smallest absolute Gasteiger partial charge is 0.305 e. The second-order valence-corrected chi connectivity index (χ2v) is 28.1. The number of carbonyl (C=O) groups is 2. The third-order valence-corrected chi connectivity index (χ3v) is 19.1. The first-order chi connectivity index (χ1) is 44.0. The number of unbranched alkanes of at least 4 members (excludes halogenated alkanes) is 62. The number of aliphatic hydroxyl groups excluding tert-OH is 2. The highest BCUT2D eigenvalue weighted by atomic mass is 16.5. The first-order valence-electron chi connectivity index (χ1n) is 40.8. The number of ether oxygens (including phenoxy) is 1. The van der Waals surface area contributed by atoms with Gasteiger partial charge >= 0.3 is 5.97 Å². The maximum atomic E-state index is 12.6. The van der Waals surface area contributed by atoms with E-state index in [2.05, 4.69) is 43.5 Å². The van der Waals surface area contributed by atoms with E-state index in [9.17, 15) is 19.8 Å². The van der Waals surface area contributed by atoms with Gasteiger partial charge < -0.3 is 20.3 Å². The van der Waals surface area contributed by atoms with Crippen LogP contribution in [0.1, 0.15) is 457 Å². The van der Waals surface area contributed by atoms with Crippen LogP contribution in [0.15, 0.2) is 36.5 Å². The van der Waals surface area contributed by atoms with Crippen LogP contribution in [0.2, 0.25) is 0 Å². The second-order valence-electron chi connectivity index (χ2n) is 28.1. The minimum atomic E-state index is -0.845. The Morgan fingerprint density at radius 1 is 0.303 bits per heavy atom. The lowest BCUT2D eigenvalue weighted by atomic mass is 10.0. The van der Waals surface area contributed by atoms with Crippen LogP contribution >= 0.6 is 0 Å². The van der Waals surface area contributed by atoms with Crippen molar-refractivity contribution in [3.05, 3.63) is 36.5 Å². The van der Waals surface area contributed by atoms with Crippen LogP contribution in [-0.4, -0.2) is 47.4 Å². The number of carbonyl (C=O) groups excluding carboxylic acids is 2. The molecule has 0 spiro atoms. The predicted molar refractivity (Wildman–Crippen MR) is 393 cm³/mol. The molecule has 2 atom stereocenters. The third kappa shape index (κ3) is 75.0. The average Bonchev–Trinajstić information content (AvgIpc) is 3.60. The molecule has 1 amide bonds. The molecule has 0 aliphatic heterocycles. The second kappa shape index (κ2) is 78.5. The van der Waals surface area contributed by atoms with Gasteiger partial charge in [-0.25, -0.2) is 0 Å². The summed E-state index contributed by atoms with van der Waals surface area (Å²) in [7, 11) is 0. The Balaban J connectivity index is 3.38. The molecule has 0 saturated carbocycles. The average molecular weight is 1250 g/mol. The highest BCUT2D eigenvalue weighted by Gasteiger charge is 2.18. The Labute approximate surface area is 557 Å². The fourth-order valence-corrected chi connectivity index (χ4v) is 12.9. The van der Waals surface area contributed by atoms with Crippen LogP contribution in [0, 0.1) is 0 Å². The number of hydrogen-bond acceptors (Lipinski definition) is 5. The zero-order valence-electron chi connectivity index (χ0n) is 60.4.